The molecule has 2 heterocycles. The summed E-state index contributed by atoms with van der Waals surface area (Å²) in [6.45, 7) is 4.04. The van der Waals surface area contributed by atoms with Gasteiger partial charge in [-0.15, -0.1) is 5.10 Å². The predicted octanol–water partition coefficient (Wildman–Crippen LogP) is 1.20. The lowest BCUT2D eigenvalue weighted by molar-refractivity contribution is 0.0511. The number of hydrogen-bond donors (Lipinski definition) is 2. The molecule has 12 heteroatoms. The number of aromatic nitrogens is 5. The highest BCUT2D eigenvalue weighted by Gasteiger charge is 2.24. The van der Waals surface area contributed by atoms with Crippen molar-refractivity contribution >= 4 is 23.4 Å². The second-order valence-electron chi connectivity index (χ2n) is 5.64. The topological polar surface area (TPSA) is 160 Å². The highest BCUT2D eigenvalue weighted by molar-refractivity contribution is 5.90. The number of benzene rings is 1. The van der Waals surface area contributed by atoms with Gasteiger partial charge in [0.05, 0.1) is 25.3 Å². The number of nitrogens with one attached hydrogen (secondary N) is 1. The van der Waals surface area contributed by atoms with Crippen LogP contribution in [0.25, 0.3) is 5.82 Å². The van der Waals surface area contributed by atoms with Gasteiger partial charge in [-0.2, -0.15) is 4.68 Å². The number of nitrogens with zero attached hydrogens (tertiary/aromatic N) is 5. The molecule has 0 atom stereocenters. The lowest BCUT2D eigenvalue weighted by Gasteiger charge is -2.09. The lowest BCUT2D eigenvalue weighted by atomic mass is 10.2. The molecule has 0 saturated carbocycles. The number of hydrogen-bond acceptors (Lipinski definition) is 11. The molecule has 0 unspecified atom stereocenters. The summed E-state index contributed by atoms with van der Waals surface area (Å²) in [6, 6.07) is 6.66. The van der Waals surface area contributed by atoms with Crippen LogP contribution in [0, 0.1) is 0 Å². The molecule has 12 nitrogen and oxygen atoms in total. The molecule has 0 radical (unpaired) electrons. The maximum Gasteiger partial charge on any atom is 0.360 e. The molecular weight excluding hydrogens is 382 g/mol. The summed E-state index contributed by atoms with van der Waals surface area (Å²) >= 11 is 0. The summed E-state index contributed by atoms with van der Waals surface area (Å²) in [6.07, 6.45) is 0. The third kappa shape index (κ3) is 4.31. The predicted molar refractivity (Wildman–Crippen MR) is 99.3 cm³/mol. The Labute approximate surface area is 164 Å². The van der Waals surface area contributed by atoms with Crippen molar-refractivity contribution in [2.45, 2.75) is 20.4 Å². The second-order valence-corrected chi connectivity index (χ2v) is 5.64. The van der Waals surface area contributed by atoms with Gasteiger partial charge in [-0.3, -0.25) is 0 Å². The van der Waals surface area contributed by atoms with Gasteiger partial charge in [0.1, 0.15) is 5.69 Å². The Morgan fingerprint density at radius 3 is 2.41 bits per heavy atom. The average Bonchev–Trinajstić information content (AvgIpc) is 3.32. The lowest BCUT2D eigenvalue weighted by Crippen LogP contribution is -2.14. The van der Waals surface area contributed by atoms with Crippen LogP contribution in [0.3, 0.4) is 0 Å². The molecule has 0 bridgehead atoms. The van der Waals surface area contributed by atoms with Gasteiger partial charge in [0.25, 0.3) is 0 Å². The van der Waals surface area contributed by atoms with E-state index in [9.17, 15) is 9.59 Å². The van der Waals surface area contributed by atoms with Gasteiger partial charge in [0, 0.05) is 5.69 Å². The maximum absolute atomic E-state index is 12.2. The van der Waals surface area contributed by atoms with E-state index in [1.165, 1.54) is 4.68 Å². The van der Waals surface area contributed by atoms with Crippen molar-refractivity contribution < 1.29 is 23.7 Å². The Morgan fingerprint density at radius 2 is 1.79 bits per heavy atom. The minimum atomic E-state index is -0.636. The molecule has 0 spiro atoms. The minimum absolute atomic E-state index is 0.00453. The summed E-state index contributed by atoms with van der Waals surface area (Å²) in [4.78, 5) is 24.0. The van der Waals surface area contributed by atoms with Crippen molar-refractivity contribution in [1.29, 1.82) is 0 Å². The van der Waals surface area contributed by atoms with Crippen LogP contribution in [0.5, 0.6) is 0 Å². The molecular formula is C17H19N7O5. The molecule has 3 N–H and O–H groups in total. The van der Waals surface area contributed by atoms with Crippen LogP contribution >= 0.6 is 0 Å². The number of ether oxygens (including phenoxy) is 2. The van der Waals surface area contributed by atoms with Gasteiger partial charge >= 0.3 is 11.9 Å². The van der Waals surface area contributed by atoms with Crippen LogP contribution in [0.1, 0.15) is 40.4 Å². The molecule has 0 aliphatic carbocycles. The van der Waals surface area contributed by atoms with Crippen molar-refractivity contribution in [3.8, 4) is 5.82 Å². The first-order chi connectivity index (χ1) is 14.0. The van der Waals surface area contributed by atoms with E-state index in [1.807, 2.05) is 0 Å². The Balaban J connectivity index is 1.83. The quantitative estimate of drug-likeness (QED) is 0.522. The number of nitrogen functional groups attached to an aromatic ring is 1. The van der Waals surface area contributed by atoms with E-state index in [2.05, 4.69) is 30.6 Å². The molecule has 0 saturated heterocycles. The summed E-state index contributed by atoms with van der Waals surface area (Å²) in [7, 11) is 0. The molecule has 0 fully saturated rings. The number of carbonyl (C=O) groups is 2. The van der Waals surface area contributed by atoms with E-state index in [0.29, 0.717) is 23.6 Å². The van der Waals surface area contributed by atoms with E-state index in [4.69, 9.17) is 15.2 Å². The second kappa shape index (κ2) is 8.82. The minimum Gasteiger partial charge on any atom is -0.462 e. The van der Waals surface area contributed by atoms with Crippen LogP contribution < -0.4 is 11.1 Å². The first-order valence-electron chi connectivity index (χ1n) is 8.76. The van der Waals surface area contributed by atoms with Crippen molar-refractivity contribution in [3.63, 3.8) is 0 Å². The summed E-state index contributed by atoms with van der Waals surface area (Å²) in [5.41, 5.74) is 7.19. The third-order valence-corrected chi connectivity index (χ3v) is 3.78. The Bertz CT molecular complexity index is 996. The number of carbonyl (C=O) groups excluding carboxylic acids is 2. The third-order valence-electron chi connectivity index (χ3n) is 3.78. The van der Waals surface area contributed by atoms with Crippen LogP contribution in [0.2, 0.25) is 0 Å². The molecule has 0 aliphatic rings. The molecule has 0 amide bonds. The summed E-state index contributed by atoms with van der Waals surface area (Å²) in [5, 5.41) is 18.1. The fraction of sp³-hybridized carbons (Fsp3) is 0.294. The van der Waals surface area contributed by atoms with Gasteiger partial charge in [0.2, 0.25) is 11.6 Å². The number of esters is 2. The Morgan fingerprint density at radius 1 is 1.10 bits per heavy atom. The first-order valence-corrected chi connectivity index (χ1v) is 8.76. The Kier molecular flexibility index (Phi) is 6.02. The molecule has 0 aliphatic heterocycles. The van der Waals surface area contributed by atoms with Crippen molar-refractivity contribution in [1.82, 2.24) is 25.3 Å². The number of nitrogens with two attached hydrogens (primary N) is 1. The molecule has 152 valence electrons. The number of rotatable bonds is 8. The largest absolute Gasteiger partial charge is 0.462 e. The summed E-state index contributed by atoms with van der Waals surface area (Å²) < 4.78 is 15.8. The first kappa shape index (κ1) is 19.8. The zero-order chi connectivity index (χ0) is 20.8. The Hall–Kier alpha value is -3.96. The van der Waals surface area contributed by atoms with Gasteiger partial charge in [-0.05, 0) is 48.4 Å². The van der Waals surface area contributed by atoms with Crippen molar-refractivity contribution in [2.75, 3.05) is 24.3 Å². The average molecular weight is 401 g/mol. The number of anilines is 2. The zero-order valence-electron chi connectivity index (χ0n) is 15.8. The van der Waals surface area contributed by atoms with Gasteiger partial charge in [0.15, 0.2) is 5.69 Å². The smallest absolute Gasteiger partial charge is 0.360 e. The molecule has 3 rings (SSSR count). The summed E-state index contributed by atoms with van der Waals surface area (Å²) in [5.74, 6) is -0.948. The van der Waals surface area contributed by atoms with Crippen molar-refractivity contribution in [3.05, 3.63) is 41.2 Å². The highest BCUT2D eigenvalue weighted by Crippen LogP contribution is 2.18. The van der Waals surface area contributed by atoms with Crippen LogP contribution in [0.4, 0.5) is 11.5 Å². The monoisotopic (exact) mass is 401 g/mol. The molecule has 3 aromatic rings. The molecule has 2 aromatic heterocycles. The van der Waals surface area contributed by atoms with Gasteiger partial charge in [-0.1, -0.05) is 5.21 Å². The molecule has 1 aromatic carbocycles. The van der Waals surface area contributed by atoms with E-state index >= 15 is 0 Å². The van der Waals surface area contributed by atoms with E-state index < -0.39 is 11.9 Å². The van der Waals surface area contributed by atoms with Crippen LogP contribution in [0.15, 0.2) is 28.9 Å². The van der Waals surface area contributed by atoms with E-state index in [0.717, 1.165) is 0 Å². The zero-order valence-corrected chi connectivity index (χ0v) is 15.8. The SMILES string of the molecule is CCOC(=O)c1ccc(NCc2c(C(=O)OCC)nnn2-c2nonc2N)cc1. The van der Waals surface area contributed by atoms with Gasteiger partial charge < -0.3 is 20.5 Å². The van der Waals surface area contributed by atoms with E-state index in [1.54, 1.807) is 38.1 Å². The highest BCUT2D eigenvalue weighted by atomic mass is 16.6. The normalized spacial score (nSPS) is 10.6. The molecule has 29 heavy (non-hydrogen) atoms. The van der Waals surface area contributed by atoms with Crippen LogP contribution in [-0.4, -0.2) is 50.5 Å². The van der Waals surface area contributed by atoms with Gasteiger partial charge in [-0.25, -0.2) is 14.2 Å². The van der Waals surface area contributed by atoms with Crippen molar-refractivity contribution in [2.24, 2.45) is 0 Å². The fourth-order valence-electron chi connectivity index (χ4n) is 2.45. The standard InChI is InChI=1S/C17H19N7O5/c1-3-27-16(25)10-5-7-11(8-6-10)19-9-12-13(17(26)28-4-2)20-23-24(12)15-14(18)21-29-22-15/h5-8,19H,3-4,9H2,1-2H3,(H2,18,21). The van der Waals surface area contributed by atoms with Crippen LogP contribution in [-0.2, 0) is 16.0 Å². The maximum atomic E-state index is 12.2. The van der Waals surface area contributed by atoms with E-state index in [-0.39, 0.29) is 30.5 Å². The fourth-order valence-corrected chi connectivity index (χ4v) is 2.45.